The molecule has 7 heteroatoms. The number of hydrogen-bond acceptors (Lipinski definition) is 7. The molecule has 0 radical (unpaired) electrons. The lowest BCUT2D eigenvalue weighted by molar-refractivity contribution is 0.570. The Balaban J connectivity index is 1.43. The van der Waals surface area contributed by atoms with Crippen molar-refractivity contribution in [2.75, 3.05) is 54.0 Å². The van der Waals surface area contributed by atoms with Crippen molar-refractivity contribution in [1.82, 2.24) is 19.9 Å². The average molecular weight is 390 g/mol. The first-order valence-corrected chi connectivity index (χ1v) is 10.6. The van der Waals surface area contributed by atoms with E-state index >= 15 is 0 Å². The van der Waals surface area contributed by atoms with Crippen molar-refractivity contribution in [2.45, 2.75) is 26.2 Å². The third-order valence-electron chi connectivity index (χ3n) is 5.85. The van der Waals surface area contributed by atoms with Crippen LogP contribution in [0.15, 0.2) is 36.5 Å². The number of piperidine rings is 1. The summed E-state index contributed by atoms with van der Waals surface area (Å²) in [5.41, 5.74) is 1.95. The molecule has 0 bridgehead atoms. The van der Waals surface area contributed by atoms with E-state index in [1.54, 1.807) is 0 Å². The quantitative estimate of drug-likeness (QED) is 0.682. The molecule has 2 fully saturated rings. The summed E-state index contributed by atoms with van der Waals surface area (Å²) in [6, 6.07) is 10.2. The smallest absolute Gasteiger partial charge is 0.172 e. The zero-order chi connectivity index (χ0) is 19.6. The van der Waals surface area contributed by atoms with Gasteiger partial charge in [0.2, 0.25) is 0 Å². The van der Waals surface area contributed by atoms with Crippen molar-refractivity contribution in [3.05, 3.63) is 42.4 Å². The molecule has 4 heterocycles. The number of fused-ring (bicyclic) bond motifs is 1. The lowest BCUT2D eigenvalue weighted by Gasteiger charge is -2.38. The van der Waals surface area contributed by atoms with E-state index in [9.17, 15) is 0 Å². The zero-order valence-electron chi connectivity index (χ0n) is 17.0. The second-order valence-corrected chi connectivity index (χ2v) is 7.84. The lowest BCUT2D eigenvalue weighted by atomic mass is 10.1. The summed E-state index contributed by atoms with van der Waals surface area (Å²) in [5, 5.41) is 0. The molecule has 0 atom stereocenters. The first kappa shape index (κ1) is 18.1. The maximum Gasteiger partial charge on any atom is 0.172 e. The van der Waals surface area contributed by atoms with E-state index in [1.165, 1.54) is 19.3 Å². The van der Waals surface area contributed by atoms with Gasteiger partial charge in [-0.1, -0.05) is 12.1 Å². The highest BCUT2D eigenvalue weighted by Gasteiger charge is 2.25. The molecule has 2 saturated heterocycles. The molecule has 0 amide bonds. The van der Waals surface area contributed by atoms with Gasteiger partial charge < -0.3 is 14.7 Å². The van der Waals surface area contributed by atoms with Crippen LogP contribution in [0, 0.1) is 6.92 Å². The van der Waals surface area contributed by atoms with Crippen molar-refractivity contribution in [3.8, 4) is 0 Å². The molecular weight excluding hydrogens is 362 g/mol. The molecule has 1 aromatic carbocycles. The highest BCUT2D eigenvalue weighted by Crippen LogP contribution is 2.31. The number of benzene rings is 1. The molecule has 0 aliphatic carbocycles. The number of hydrogen-bond donors (Lipinski definition) is 0. The fraction of sp³-hybridized carbons (Fsp3) is 0.455. The van der Waals surface area contributed by atoms with Gasteiger partial charge in [0, 0.05) is 45.5 Å². The van der Waals surface area contributed by atoms with E-state index in [0.29, 0.717) is 0 Å². The maximum absolute atomic E-state index is 5.06. The molecule has 3 aromatic rings. The molecule has 0 saturated carbocycles. The van der Waals surface area contributed by atoms with Gasteiger partial charge in [0.05, 0.1) is 11.0 Å². The van der Waals surface area contributed by atoms with Crippen molar-refractivity contribution < 1.29 is 0 Å². The molecular formula is C22H27N7. The van der Waals surface area contributed by atoms with Crippen LogP contribution in [0.3, 0.4) is 0 Å². The van der Waals surface area contributed by atoms with Crippen LogP contribution >= 0.6 is 0 Å². The Labute approximate surface area is 171 Å². The second kappa shape index (κ2) is 7.81. The predicted molar refractivity (Wildman–Crippen MR) is 117 cm³/mol. The third kappa shape index (κ3) is 3.69. The topological polar surface area (TPSA) is 61.3 Å². The Kier molecular flexibility index (Phi) is 4.87. The van der Waals surface area contributed by atoms with Crippen LogP contribution in [-0.4, -0.2) is 59.2 Å². The minimum absolute atomic E-state index is 0.817. The van der Waals surface area contributed by atoms with Gasteiger partial charge in [-0.2, -0.15) is 0 Å². The zero-order valence-corrected chi connectivity index (χ0v) is 17.0. The molecule has 0 N–H and O–H groups in total. The van der Waals surface area contributed by atoms with E-state index in [-0.39, 0.29) is 0 Å². The Morgan fingerprint density at radius 3 is 1.86 bits per heavy atom. The van der Waals surface area contributed by atoms with E-state index < -0.39 is 0 Å². The highest BCUT2D eigenvalue weighted by atomic mass is 15.3. The van der Waals surface area contributed by atoms with Crippen molar-refractivity contribution in [1.29, 1.82) is 0 Å². The minimum atomic E-state index is 0.817. The molecule has 5 rings (SSSR count). The molecule has 2 aliphatic heterocycles. The largest absolute Gasteiger partial charge is 0.354 e. The summed E-state index contributed by atoms with van der Waals surface area (Å²) in [6.45, 7) is 7.75. The first-order chi connectivity index (χ1) is 14.3. The molecule has 0 spiro atoms. The van der Waals surface area contributed by atoms with Crippen LogP contribution < -0.4 is 14.7 Å². The summed E-state index contributed by atoms with van der Waals surface area (Å²) in [5.74, 6) is 3.91. The second-order valence-electron chi connectivity index (χ2n) is 7.84. The van der Waals surface area contributed by atoms with E-state index in [4.69, 9.17) is 9.97 Å². The maximum atomic E-state index is 5.06. The van der Waals surface area contributed by atoms with Gasteiger partial charge in [-0.05, 0) is 44.4 Å². The van der Waals surface area contributed by atoms with E-state index in [1.807, 2.05) is 31.3 Å². The van der Waals surface area contributed by atoms with Gasteiger partial charge in [-0.15, -0.1) is 0 Å². The van der Waals surface area contributed by atoms with Gasteiger partial charge in [0.15, 0.2) is 11.6 Å². The third-order valence-corrected chi connectivity index (χ3v) is 5.85. The monoisotopic (exact) mass is 389 g/mol. The SMILES string of the molecule is Cc1nccc(N2CCN(c3nc4ccccc4nc3N3CCCCC3)CC2)n1. The molecule has 150 valence electrons. The van der Waals surface area contributed by atoms with Crippen LogP contribution in [0.4, 0.5) is 17.5 Å². The predicted octanol–water partition coefficient (Wildman–Crippen LogP) is 3.05. The Morgan fingerprint density at radius 1 is 0.655 bits per heavy atom. The van der Waals surface area contributed by atoms with Gasteiger partial charge in [-0.25, -0.2) is 19.9 Å². The Morgan fingerprint density at radius 2 is 1.24 bits per heavy atom. The average Bonchev–Trinajstić information content (AvgIpc) is 2.79. The van der Waals surface area contributed by atoms with E-state index in [0.717, 1.165) is 73.6 Å². The number of para-hydroxylation sites is 2. The normalized spacial score (nSPS) is 17.8. The minimum Gasteiger partial charge on any atom is -0.354 e. The first-order valence-electron chi connectivity index (χ1n) is 10.6. The molecule has 7 nitrogen and oxygen atoms in total. The van der Waals surface area contributed by atoms with E-state index in [2.05, 4.69) is 36.8 Å². The summed E-state index contributed by atoms with van der Waals surface area (Å²) in [7, 11) is 0. The fourth-order valence-electron chi connectivity index (χ4n) is 4.28. The van der Waals surface area contributed by atoms with Crippen LogP contribution in [-0.2, 0) is 0 Å². The van der Waals surface area contributed by atoms with Crippen LogP contribution in [0.1, 0.15) is 25.1 Å². The molecule has 2 aromatic heterocycles. The number of aryl methyl sites for hydroxylation is 1. The van der Waals surface area contributed by atoms with Crippen molar-refractivity contribution >= 4 is 28.5 Å². The number of nitrogens with zero attached hydrogens (tertiary/aromatic N) is 7. The summed E-state index contributed by atoms with van der Waals surface area (Å²) >= 11 is 0. The van der Waals surface area contributed by atoms with Crippen LogP contribution in [0.2, 0.25) is 0 Å². The summed E-state index contributed by atoms with van der Waals surface area (Å²) in [6.07, 6.45) is 5.61. The molecule has 0 unspecified atom stereocenters. The summed E-state index contributed by atoms with van der Waals surface area (Å²) < 4.78 is 0. The van der Waals surface area contributed by atoms with Crippen LogP contribution in [0.25, 0.3) is 11.0 Å². The van der Waals surface area contributed by atoms with Gasteiger partial charge in [-0.3, -0.25) is 0 Å². The van der Waals surface area contributed by atoms with Crippen LogP contribution in [0.5, 0.6) is 0 Å². The van der Waals surface area contributed by atoms with Crippen molar-refractivity contribution in [2.24, 2.45) is 0 Å². The number of rotatable bonds is 3. The number of piperazine rings is 1. The number of aromatic nitrogens is 4. The number of anilines is 3. The van der Waals surface area contributed by atoms with Gasteiger partial charge >= 0.3 is 0 Å². The highest BCUT2D eigenvalue weighted by molar-refractivity contribution is 5.81. The fourth-order valence-corrected chi connectivity index (χ4v) is 4.28. The van der Waals surface area contributed by atoms with Gasteiger partial charge in [0.25, 0.3) is 0 Å². The molecule has 29 heavy (non-hydrogen) atoms. The van der Waals surface area contributed by atoms with Crippen molar-refractivity contribution in [3.63, 3.8) is 0 Å². The Hall–Kier alpha value is -2.96. The lowest BCUT2D eigenvalue weighted by Crippen LogP contribution is -2.48. The van der Waals surface area contributed by atoms with Gasteiger partial charge in [0.1, 0.15) is 11.6 Å². The summed E-state index contributed by atoms with van der Waals surface area (Å²) in [4.78, 5) is 26.1. The molecule has 2 aliphatic rings. The standard InChI is InChI=1S/C22H27N7/c1-17-23-10-9-20(24-17)27-13-15-29(16-14-27)22-21(28-11-5-2-6-12-28)25-18-7-3-4-8-19(18)26-22/h3-4,7-10H,2,5-6,11-16H2,1H3. The Bertz CT molecular complexity index is 991.